The lowest BCUT2D eigenvalue weighted by Gasteiger charge is -2.31. The van der Waals surface area contributed by atoms with Gasteiger partial charge in [0.25, 0.3) is 0 Å². The molecule has 3 heteroatoms. The van der Waals surface area contributed by atoms with Crippen LogP contribution in [0, 0.1) is 5.92 Å². The highest BCUT2D eigenvalue weighted by molar-refractivity contribution is 5.27. The zero-order chi connectivity index (χ0) is 14.4. The van der Waals surface area contributed by atoms with E-state index in [0.29, 0.717) is 6.04 Å². The van der Waals surface area contributed by atoms with Crippen molar-refractivity contribution in [1.82, 2.24) is 10.2 Å². The molecule has 2 atom stereocenters. The molecule has 1 aromatic carbocycles. The molecule has 0 aromatic heterocycles. The van der Waals surface area contributed by atoms with Crippen molar-refractivity contribution in [3.05, 3.63) is 29.8 Å². The van der Waals surface area contributed by atoms with Crippen molar-refractivity contribution >= 4 is 0 Å². The second-order valence-electron chi connectivity index (χ2n) is 6.10. The van der Waals surface area contributed by atoms with E-state index in [9.17, 15) is 0 Å². The first-order chi connectivity index (χ1) is 9.67. The average molecular weight is 276 g/mol. The molecule has 1 saturated heterocycles. The van der Waals surface area contributed by atoms with E-state index in [4.69, 9.17) is 4.74 Å². The topological polar surface area (TPSA) is 24.5 Å². The Morgan fingerprint density at radius 1 is 1.25 bits per heavy atom. The maximum atomic E-state index is 5.20. The Morgan fingerprint density at radius 3 is 2.70 bits per heavy atom. The monoisotopic (exact) mass is 276 g/mol. The molecule has 1 N–H and O–H groups in total. The van der Waals surface area contributed by atoms with Crippen molar-refractivity contribution in [2.45, 2.75) is 32.7 Å². The molecule has 1 aliphatic rings. The molecule has 2 unspecified atom stereocenters. The summed E-state index contributed by atoms with van der Waals surface area (Å²) < 4.78 is 5.20. The van der Waals surface area contributed by atoms with Gasteiger partial charge in [0.2, 0.25) is 0 Å². The molecule has 1 fully saturated rings. The SMILES string of the molecule is COc1ccc(CCN2CCC(C)NCC(C)C2)cc1. The summed E-state index contributed by atoms with van der Waals surface area (Å²) in [5.74, 6) is 1.67. The molecular formula is C17H28N2O. The maximum Gasteiger partial charge on any atom is 0.118 e. The Hall–Kier alpha value is -1.06. The van der Waals surface area contributed by atoms with Crippen LogP contribution in [-0.2, 0) is 6.42 Å². The van der Waals surface area contributed by atoms with E-state index in [1.54, 1.807) is 7.11 Å². The van der Waals surface area contributed by atoms with Crippen LogP contribution in [0.4, 0.5) is 0 Å². The molecule has 1 aromatic rings. The number of nitrogens with zero attached hydrogens (tertiary/aromatic N) is 1. The van der Waals surface area contributed by atoms with Gasteiger partial charge in [-0.1, -0.05) is 19.1 Å². The van der Waals surface area contributed by atoms with Gasteiger partial charge in [0.05, 0.1) is 7.11 Å². The summed E-state index contributed by atoms with van der Waals surface area (Å²) in [6.07, 6.45) is 2.37. The first-order valence-electron chi connectivity index (χ1n) is 7.76. The fraction of sp³-hybridized carbons (Fsp3) is 0.647. The molecule has 0 radical (unpaired) electrons. The molecule has 0 aliphatic carbocycles. The minimum atomic E-state index is 0.640. The smallest absolute Gasteiger partial charge is 0.118 e. The summed E-state index contributed by atoms with van der Waals surface area (Å²) >= 11 is 0. The summed E-state index contributed by atoms with van der Waals surface area (Å²) in [5, 5.41) is 3.60. The summed E-state index contributed by atoms with van der Waals surface area (Å²) in [4.78, 5) is 2.62. The fourth-order valence-electron chi connectivity index (χ4n) is 2.76. The van der Waals surface area contributed by atoms with E-state index in [0.717, 1.165) is 31.2 Å². The molecule has 3 nitrogen and oxygen atoms in total. The molecule has 2 rings (SSSR count). The van der Waals surface area contributed by atoms with Gasteiger partial charge in [0.15, 0.2) is 0 Å². The van der Waals surface area contributed by atoms with Crippen molar-refractivity contribution in [3.63, 3.8) is 0 Å². The van der Waals surface area contributed by atoms with Crippen molar-refractivity contribution < 1.29 is 4.74 Å². The Balaban J connectivity index is 1.84. The molecule has 1 heterocycles. The van der Waals surface area contributed by atoms with Crippen molar-refractivity contribution in [3.8, 4) is 5.75 Å². The van der Waals surface area contributed by atoms with Crippen LogP contribution < -0.4 is 10.1 Å². The Kier molecular flexibility index (Phi) is 5.86. The normalized spacial score (nSPS) is 24.9. The quantitative estimate of drug-likeness (QED) is 0.914. The standard InChI is InChI=1S/C17H28N2O/c1-14-12-18-15(2)8-10-19(13-14)11-9-16-4-6-17(20-3)7-5-16/h4-7,14-15,18H,8-13H2,1-3H3. The van der Waals surface area contributed by atoms with Gasteiger partial charge in [0, 0.05) is 19.1 Å². The number of nitrogens with one attached hydrogen (secondary N) is 1. The van der Waals surface area contributed by atoms with Crippen molar-refractivity contribution in [1.29, 1.82) is 0 Å². The van der Waals surface area contributed by atoms with Gasteiger partial charge in [-0.05, 0) is 56.5 Å². The number of hydrogen-bond donors (Lipinski definition) is 1. The van der Waals surface area contributed by atoms with Crippen LogP contribution in [0.5, 0.6) is 5.75 Å². The second kappa shape index (κ2) is 7.65. The van der Waals surface area contributed by atoms with E-state index in [-0.39, 0.29) is 0 Å². The van der Waals surface area contributed by atoms with Crippen LogP contribution in [0.25, 0.3) is 0 Å². The van der Waals surface area contributed by atoms with E-state index in [2.05, 4.69) is 48.3 Å². The van der Waals surface area contributed by atoms with Gasteiger partial charge in [0.1, 0.15) is 5.75 Å². The van der Waals surface area contributed by atoms with Crippen molar-refractivity contribution in [2.24, 2.45) is 5.92 Å². The summed E-state index contributed by atoms with van der Waals surface area (Å²) in [7, 11) is 1.71. The van der Waals surface area contributed by atoms with Crippen molar-refractivity contribution in [2.75, 3.05) is 33.3 Å². The molecule has 0 spiro atoms. The number of methoxy groups -OCH3 is 1. The van der Waals surface area contributed by atoms with Gasteiger partial charge < -0.3 is 15.0 Å². The Bertz CT molecular complexity index is 390. The van der Waals surface area contributed by atoms with Gasteiger partial charge in [-0.2, -0.15) is 0 Å². The van der Waals surface area contributed by atoms with Crippen LogP contribution in [-0.4, -0.2) is 44.2 Å². The van der Waals surface area contributed by atoms with E-state index in [1.165, 1.54) is 25.1 Å². The predicted molar refractivity (Wildman–Crippen MR) is 84.4 cm³/mol. The van der Waals surface area contributed by atoms with Gasteiger partial charge in [-0.25, -0.2) is 0 Å². The largest absolute Gasteiger partial charge is 0.497 e. The lowest BCUT2D eigenvalue weighted by Crippen LogP contribution is -2.43. The maximum absolute atomic E-state index is 5.20. The second-order valence-corrected chi connectivity index (χ2v) is 6.10. The number of ether oxygens (including phenoxy) is 1. The Morgan fingerprint density at radius 2 is 2.00 bits per heavy atom. The fourth-order valence-corrected chi connectivity index (χ4v) is 2.76. The number of hydrogen-bond acceptors (Lipinski definition) is 3. The molecule has 0 amide bonds. The first kappa shape index (κ1) is 15.3. The van der Waals surface area contributed by atoms with Crippen LogP contribution >= 0.6 is 0 Å². The molecule has 20 heavy (non-hydrogen) atoms. The lowest BCUT2D eigenvalue weighted by atomic mass is 10.1. The zero-order valence-corrected chi connectivity index (χ0v) is 13.1. The third-order valence-corrected chi connectivity index (χ3v) is 4.14. The van der Waals surface area contributed by atoms with Crippen LogP contribution in [0.15, 0.2) is 24.3 Å². The average Bonchev–Trinajstić information content (AvgIpc) is 2.47. The van der Waals surface area contributed by atoms with E-state index < -0.39 is 0 Å². The van der Waals surface area contributed by atoms with E-state index >= 15 is 0 Å². The predicted octanol–water partition coefficient (Wildman–Crippen LogP) is 2.56. The number of rotatable bonds is 4. The number of benzene rings is 1. The van der Waals surface area contributed by atoms with E-state index in [1.807, 2.05) is 0 Å². The third-order valence-electron chi connectivity index (χ3n) is 4.14. The summed E-state index contributed by atoms with van der Waals surface area (Å²) in [6, 6.07) is 9.10. The third kappa shape index (κ3) is 4.80. The van der Waals surface area contributed by atoms with Gasteiger partial charge in [-0.3, -0.25) is 0 Å². The minimum absolute atomic E-state index is 0.640. The van der Waals surface area contributed by atoms with Crippen LogP contribution in [0.2, 0.25) is 0 Å². The Labute approximate surface area is 123 Å². The van der Waals surface area contributed by atoms with Crippen LogP contribution in [0.1, 0.15) is 25.8 Å². The lowest BCUT2D eigenvalue weighted by molar-refractivity contribution is 0.204. The van der Waals surface area contributed by atoms with Gasteiger partial charge in [-0.15, -0.1) is 0 Å². The zero-order valence-electron chi connectivity index (χ0n) is 13.1. The highest BCUT2D eigenvalue weighted by Crippen LogP contribution is 2.13. The molecule has 112 valence electrons. The summed E-state index contributed by atoms with van der Waals surface area (Å²) in [5.41, 5.74) is 1.40. The van der Waals surface area contributed by atoms with Gasteiger partial charge >= 0.3 is 0 Å². The molecule has 1 aliphatic heterocycles. The highest BCUT2D eigenvalue weighted by atomic mass is 16.5. The molecular weight excluding hydrogens is 248 g/mol. The molecule has 0 bridgehead atoms. The summed E-state index contributed by atoms with van der Waals surface area (Å²) in [6.45, 7) is 9.33. The minimum Gasteiger partial charge on any atom is -0.497 e. The first-order valence-corrected chi connectivity index (χ1v) is 7.76. The molecule has 0 saturated carbocycles. The highest BCUT2D eigenvalue weighted by Gasteiger charge is 2.16. The van der Waals surface area contributed by atoms with Crippen LogP contribution in [0.3, 0.4) is 0 Å².